The first kappa shape index (κ1) is 12.9. The van der Waals surface area contributed by atoms with Gasteiger partial charge in [0, 0.05) is 10.6 Å². The molecule has 0 saturated carbocycles. The Bertz CT molecular complexity index is 589. The Kier molecular flexibility index (Phi) is 3.90. The summed E-state index contributed by atoms with van der Waals surface area (Å²) in [6.07, 6.45) is 0. The molecule has 2 aromatic carbocycles. The van der Waals surface area contributed by atoms with E-state index in [1.807, 2.05) is 31.2 Å². The van der Waals surface area contributed by atoms with E-state index in [9.17, 15) is 0 Å². The van der Waals surface area contributed by atoms with Gasteiger partial charge in [0.1, 0.15) is 5.84 Å². The van der Waals surface area contributed by atoms with Gasteiger partial charge >= 0.3 is 0 Å². The van der Waals surface area contributed by atoms with Crippen molar-refractivity contribution in [1.82, 2.24) is 0 Å². The molecule has 2 N–H and O–H groups in total. The van der Waals surface area contributed by atoms with Crippen LogP contribution in [0, 0.1) is 6.92 Å². The van der Waals surface area contributed by atoms with E-state index in [0.717, 1.165) is 5.56 Å². The lowest BCUT2D eigenvalue weighted by molar-refractivity contribution is 1.42. The molecule has 0 bridgehead atoms. The van der Waals surface area contributed by atoms with Crippen LogP contribution in [0.3, 0.4) is 0 Å². The van der Waals surface area contributed by atoms with Gasteiger partial charge < -0.3 is 5.73 Å². The summed E-state index contributed by atoms with van der Waals surface area (Å²) in [6, 6.07) is 12.9. The number of hydrogen-bond acceptors (Lipinski definition) is 1. The number of amidine groups is 1. The van der Waals surface area contributed by atoms with Crippen LogP contribution < -0.4 is 5.73 Å². The van der Waals surface area contributed by atoms with Gasteiger partial charge in [-0.15, -0.1) is 0 Å². The first-order valence-electron chi connectivity index (χ1n) is 5.42. The van der Waals surface area contributed by atoms with E-state index < -0.39 is 0 Å². The predicted molar refractivity (Wildman–Crippen MR) is 78.0 cm³/mol. The summed E-state index contributed by atoms with van der Waals surface area (Å²) in [5.74, 6) is 0.430. The molecule has 2 aromatic rings. The average molecular weight is 279 g/mol. The van der Waals surface area contributed by atoms with Crippen LogP contribution in [0.25, 0.3) is 0 Å². The van der Waals surface area contributed by atoms with Crippen molar-refractivity contribution in [2.24, 2.45) is 10.7 Å². The Morgan fingerprint density at radius 1 is 1.06 bits per heavy atom. The third-order valence-corrected chi connectivity index (χ3v) is 3.04. The van der Waals surface area contributed by atoms with Gasteiger partial charge in [-0.2, -0.15) is 0 Å². The zero-order valence-electron chi connectivity index (χ0n) is 9.82. The number of hydrogen-bond donors (Lipinski definition) is 1. The van der Waals surface area contributed by atoms with E-state index in [1.54, 1.807) is 18.2 Å². The molecule has 0 aliphatic carbocycles. The lowest BCUT2D eigenvalue weighted by Gasteiger charge is -2.03. The molecule has 0 unspecified atom stereocenters. The van der Waals surface area contributed by atoms with Crippen LogP contribution in [0.1, 0.15) is 11.1 Å². The fourth-order valence-corrected chi connectivity index (χ4v) is 1.94. The molecule has 0 saturated heterocycles. The lowest BCUT2D eigenvalue weighted by Crippen LogP contribution is -2.12. The Morgan fingerprint density at radius 2 is 1.72 bits per heavy atom. The average Bonchev–Trinajstić information content (AvgIpc) is 2.33. The van der Waals surface area contributed by atoms with Crippen molar-refractivity contribution < 1.29 is 0 Å². The molecule has 0 aliphatic rings. The number of aliphatic imine (C=N–C) groups is 1. The molecule has 0 aromatic heterocycles. The monoisotopic (exact) mass is 278 g/mol. The molecule has 92 valence electrons. The van der Waals surface area contributed by atoms with Crippen LogP contribution in [0.15, 0.2) is 47.5 Å². The Morgan fingerprint density at radius 3 is 2.33 bits per heavy atom. The normalized spacial score (nSPS) is 11.6. The molecule has 0 aliphatic heterocycles. The maximum Gasteiger partial charge on any atom is 0.131 e. The summed E-state index contributed by atoms with van der Waals surface area (Å²) >= 11 is 11.9. The molecule has 0 radical (unpaired) electrons. The lowest BCUT2D eigenvalue weighted by atomic mass is 10.1. The van der Waals surface area contributed by atoms with Gasteiger partial charge in [0.15, 0.2) is 0 Å². The Labute approximate surface area is 116 Å². The highest BCUT2D eigenvalue weighted by atomic mass is 35.5. The van der Waals surface area contributed by atoms with Crippen molar-refractivity contribution in [2.45, 2.75) is 6.92 Å². The van der Waals surface area contributed by atoms with Gasteiger partial charge in [-0.25, -0.2) is 4.99 Å². The molecular weight excluding hydrogens is 267 g/mol. The zero-order valence-corrected chi connectivity index (χ0v) is 11.3. The van der Waals surface area contributed by atoms with E-state index in [-0.39, 0.29) is 0 Å². The van der Waals surface area contributed by atoms with Crippen LogP contribution >= 0.6 is 23.2 Å². The van der Waals surface area contributed by atoms with Crippen LogP contribution in [-0.2, 0) is 0 Å². The largest absolute Gasteiger partial charge is 0.383 e. The molecule has 0 heterocycles. The van der Waals surface area contributed by atoms with Crippen LogP contribution in [0.4, 0.5) is 5.69 Å². The number of benzene rings is 2. The molecule has 2 nitrogen and oxygen atoms in total. The molecule has 0 fully saturated rings. The topological polar surface area (TPSA) is 38.4 Å². The SMILES string of the molecule is Cc1ccc(C(N)=Nc2ccc(Cl)cc2Cl)cc1. The van der Waals surface area contributed by atoms with Crippen molar-refractivity contribution in [3.8, 4) is 0 Å². The van der Waals surface area contributed by atoms with Crippen molar-refractivity contribution >= 4 is 34.7 Å². The summed E-state index contributed by atoms with van der Waals surface area (Å²) < 4.78 is 0. The minimum atomic E-state index is 0.430. The number of halogens is 2. The molecule has 0 spiro atoms. The molecule has 0 atom stereocenters. The van der Waals surface area contributed by atoms with Gasteiger partial charge in [0.25, 0.3) is 0 Å². The molecule has 4 heteroatoms. The zero-order chi connectivity index (χ0) is 13.1. The highest BCUT2D eigenvalue weighted by Gasteiger charge is 2.02. The second kappa shape index (κ2) is 5.42. The minimum absolute atomic E-state index is 0.430. The van der Waals surface area contributed by atoms with Gasteiger partial charge in [-0.05, 0) is 25.1 Å². The predicted octanol–water partition coefficient (Wildman–Crippen LogP) is 4.34. The number of nitrogens with zero attached hydrogens (tertiary/aromatic N) is 1. The molecular formula is C14H12Cl2N2. The van der Waals surface area contributed by atoms with Crippen LogP contribution in [-0.4, -0.2) is 5.84 Å². The quantitative estimate of drug-likeness (QED) is 0.644. The first-order valence-corrected chi connectivity index (χ1v) is 6.18. The third kappa shape index (κ3) is 3.03. The highest BCUT2D eigenvalue weighted by molar-refractivity contribution is 6.36. The summed E-state index contributed by atoms with van der Waals surface area (Å²) in [6.45, 7) is 2.02. The van der Waals surface area contributed by atoms with Crippen molar-refractivity contribution in [3.05, 3.63) is 63.6 Å². The van der Waals surface area contributed by atoms with Gasteiger partial charge in [-0.3, -0.25) is 0 Å². The van der Waals surface area contributed by atoms with E-state index in [0.29, 0.717) is 21.6 Å². The first-order chi connectivity index (χ1) is 8.56. The maximum absolute atomic E-state index is 6.04. The maximum atomic E-state index is 6.04. The van der Waals surface area contributed by atoms with Crippen LogP contribution in [0.5, 0.6) is 0 Å². The van der Waals surface area contributed by atoms with Crippen molar-refractivity contribution in [2.75, 3.05) is 0 Å². The van der Waals surface area contributed by atoms with Crippen molar-refractivity contribution in [3.63, 3.8) is 0 Å². The van der Waals surface area contributed by atoms with E-state index >= 15 is 0 Å². The Balaban J connectivity index is 2.35. The summed E-state index contributed by atoms with van der Waals surface area (Å²) in [7, 11) is 0. The summed E-state index contributed by atoms with van der Waals surface area (Å²) in [4.78, 5) is 4.30. The summed E-state index contributed by atoms with van der Waals surface area (Å²) in [5.41, 5.74) is 8.60. The fraction of sp³-hybridized carbons (Fsp3) is 0.0714. The molecule has 0 amide bonds. The third-order valence-electron chi connectivity index (χ3n) is 2.50. The van der Waals surface area contributed by atoms with E-state index in [4.69, 9.17) is 28.9 Å². The standard InChI is InChI=1S/C14H12Cl2N2/c1-9-2-4-10(5-3-9)14(17)18-13-7-6-11(15)8-12(13)16/h2-8H,1H3,(H2,17,18). The highest BCUT2D eigenvalue weighted by Crippen LogP contribution is 2.28. The second-order valence-electron chi connectivity index (χ2n) is 3.96. The minimum Gasteiger partial charge on any atom is -0.383 e. The van der Waals surface area contributed by atoms with E-state index in [1.165, 1.54) is 5.56 Å². The number of nitrogens with two attached hydrogens (primary N) is 1. The van der Waals surface area contributed by atoms with Crippen LogP contribution in [0.2, 0.25) is 10.0 Å². The smallest absolute Gasteiger partial charge is 0.131 e. The van der Waals surface area contributed by atoms with Gasteiger partial charge in [-0.1, -0.05) is 53.0 Å². The fourth-order valence-electron chi connectivity index (χ4n) is 1.49. The molecule has 18 heavy (non-hydrogen) atoms. The van der Waals surface area contributed by atoms with Gasteiger partial charge in [0.05, 0.1) is 10.7 Å². The molecule has 2 rings (SSSR count). The number of aryl methyl sites for hydroxylation is 1. The van der Waals surface area contributed by atoms with Gasteiger partial charge in [0.2, 0.25) is 0 Å². The van der Waals surface area contributed by atoms with Crippen molar-refractivity contribution in [1.29, 1.82) is 0 Å². The number of rotatable bonds is 2. The second-order valence-corrected chi connectivity index (χ2v) is 4.80. The Hall–Kier alpha value is -1.51. The van der Waals surface area contributed by atoms with E-state index in [2.05, 4.69) is 4.99 Å². The summed E-state index contributed by atoms with van der Waals surface area (Å²) in [5, 5.41) is 1.06.